The molecule has 28 heavy (non-hydrogen) atoms. The molecule has 0 fully saturated rings. The van der Waals surface area contributed by atoms with Crippen molar-refractivity contribution < 1.29 is 4.79 Å². The molecule has 0 spiro atoms. The largest absolute Gasteiger partial charge is 0.310 e. The summed E-state index contributed by atoms with van der Waals surface area (Å²) in [6, 6.07) is 14.9. The van der Waals surface area contributed by atoms with E-state index in [2.05, 4.69) is 30.5 Å². The molecule has 0 unspecified atom stereocenters. The Hall–Kier alpha value is -4.00. The second kappa shape index (κ2) is 8.13. The van der Waals surface area contributed by atoms with E-state index in [-0.39, 0.29) is 12.3 Å². The van der Waals surface area contributed by atoms with Crippen LogP contribution in [0, 0.1) is 0 Å². The van der Waals surface area contributed by atoms with Crippen LogP contribution >= 0.6 is 0 Å². The molecule has 7 nitrogen and oxygen atoms in total. The van der Waals surface area contributed by atoms with Crippen molar-refractivity contribution in [3.63, 3.8) is 0 Å². The van der Waals surface area contributed by atoms with Crippen LogP contribution in [-0.2, 0) is 11.2 Å². The molecule has 4 aromatic heterocycles. The van der Waals surface area contributed by atoms with Gasteiger partial charge in [-0.1, -0.05) is 12.1 Å². The van der Waals surface area contributed by atoms with Gasteiger partial charge in [-0.2, -0.15) is 10.2 Å². The average molecular weight is 368 g/mol. The van der Waals surface area contributed by atoms with Crippen molar-refractivity contribution >= 4 is 11.7 Å². The summed E-state index contributed by atoms with van der Waals surface area (Å²) in [6.07, 6.45) is 8.59. The van der Waals surface area contributed by atoms with E-state index < -0.39 is 0 Å². The summed E-state index contributed by atoms with van der Waals surface area (Å²) in [5.74, 6) is 0.343. The fourth-order valence-corrected chi connectivity index (χ4v) is 2.67. The predicted molar refractivity (Wildman–Crippen MR) is 105 cm³/mol. The van der Waals surface area contributed by atoms with Crippen LogP contribution in [0.25, 0.3) is 22.5 Å². The summed E-state index contributed by atoms with van der Waals surface area (Å²) >= 11 is 0. The number of carbonyl (C=O) groups excluding carboxylic acids is 1. The smallest absolute Gasteiger partial charge is 0.230 e. The van der Waals surface area contributed by atoms with E-state index in [1.165, 1.54) is 0 Å². The third-order valence-electron chi connectivity index (χ3n) is 4.06. The van der Waals surface area contributed by atoms with Gasteiger partial charge in [-0.15, -0.1) is 0 Å². The van der Waals surface area contributed by atoms with Crippen LogP contribution in [0.15, 0.2) is 79.5 Å². The van der Waals surface area contributed by atoms with E-state index in [0.717, 1.165) is 28.1 Å². The van der Waals surface area contributed by atoms with Crippen molar-refractivity contribution in [2.75, 3.05) is 5.32 Å². The Morgan fingerprint density at radius 3 is 2.32 bits per heavy atom. The van der Waals surface area contributed by atoms with Gasteiger partial charge in [0.15, 0.2) is 0 Å². The molecule has 1 amide bonds. The van der Waals surface area contributed by atoms with Gasteiger partial charge in [-0.3, -0.25) is 14.8 Å². The summed E-state index contributed by atoms with van der Waals surface area (Å²) in [5, 5.41) is 10.4. The van der Waals surface area contributed by atoms with Crippen molar-refractivity contribution in [1.82, 2.24) is 25.1 Å². The van der Waals surface area contributed by atoms with Crippen LogP contribution in [0.4, 0.5) is 5.82 Å². The second-order valence-corrected chi connectivity index (χ2v) is 6.05. The maximum absolute atomic E-state index is 12.3. The first-order valence-electron chi connectivity index (χ1n) is 8.67. The highest BCUT2D eigenvalue weighted by Gasteiger charge is 2.07. The van der Waals surface area contributed by atoms with Crippen molar-refractivity contribution in [3.8, 4) is 22.5 Å². The molecule has 0 radical (unpaired) electrons. The molecule has 4 aromatic rings. The van der Waals surface area contributed by atoms with E-state index in [1.807, 2.05) is 42.5 Å². The highest BCUT2D eigenvalue weighted by Crippen LogP contribution is 2.17. The zero-order valence-corrected chi connectivity index (χ0v) is 14.9. The Morgan fingerprint density at radius 1 is 0.750 bits per heavy atom. The molecule has 0 saturated heterocycles. The first-order chi connectivity index (χ1) is 13.8. The molecule has 4 heterocycles. The molecule has 0 aliphatic heterocycles. The molecule has 136 valence electrons. The van der Waals surface area contributed by atoms with E-state index in [9.17, 15) is 4.79 Å². The number of hydrogen-bond acceptors (Lipinski definition) is 6. The van der Waals surface area contributed by atoms with Crippen LogP contribution < -0.4 is 5.32 Å². The lowest BCUT2D eigenvalue weighted by atomic mass is 10.1. The van der Waals surface area contributed by atoms with Gasteiger partial charge in [0, 0.05) is 29.7 Å². The van der Waals surface area contributed by atoms with Gasteiger partial charge in [0.25, 0.3) is 0 Å². The summed E-state index contributed by atoms with van der Waals surface area (Å²) in [6.45, 7) is 0. The summed E-state index contributed by atoms with van der Waals surface area (Å²) in [7, 11) is 0. The highest BCUT2D eigenvalue weighted by atomic mass is 16.1. The van der Waals surface area contributed by atoms with Gasteiger partial charge in [0.2, 0.25) is 5.91 Å². The zero-order valence-electron chi connectivity index (χ0n) is 14.9. The zero-order chi connectivity index (χ0) is 19.2. The molecule has 0 atom stereocenters. The summed E-state index contributed by atoms with van der Waals surface area (Å²) in [4.78, 5) is 25.2. The van der Waals surface area contributed by atoms with Gasteiger partial charge >= 0.3 is 0 Å². The Morgan fingerprint density at radius 2 is 1.64 bits per heavy atom. The van der Waals surface area contributed by atoms with E-state index in [4.69, 9.17) is 0 Å². The number of nitrogens with zero attached hydrogens (tertiary/aromatic N) is 5. The highest BCUT2D eigenvalue weighted by molar-refractivity contribution is 5.91. The van der Waals surface area contributed by atoms with Gasteiger partial charge < -0.3 is 5.32 Å². The lowest BCUT2D eigenvalue weighted by molar-refractivity contribution is -0.115. The van der Waals surface area contributed by atoms with Crippen LogP contribution in [0.2, 0.25) is 0 Å². The van der Waals surface area contributed by atoms with Gasteiger partial charge in [-0.05, 0) is 42.0 Å². The summed E-state index contributed by atoms with van der Waals surface area (Å²) in [5.41, 5.74) is 4.20. The molecular weight excluding hydrogens is 352 g/mol. The van der Waals surface area contributed by atoms with Gasteiger partial charge in [0.05, 0.1) is 30.2 Å². The lowest BCUT2D eigenvalue weighted by Crippen LogP contribution is -2.15. The maximum atomic E-state index is 12.3. The maximum Gasteiger partial charge on any atom is 0.230 e. The average Bonchev–Trinajstić information content (AvgIpc) is 2.76. The molecule has 1 N–H and O–H groups in total. The molecular formula is C21H16N6O. The predicted octanol–water partition coefficient (Wildman–Crippen LogP) is 3.18. The van der Waals surface area contributed by atoms with E-state index in [0.29, 0.717) is 5.82 Å². The number of hydrogen-bond donors (Lipinski definition) is 1. The minimum atomic E-state index is -0.154. The Labute approximate surface area is 161 Å². The molecule has 4 rings (SSSR count). The fraction of sp³-hybridized carbons (Fsp3) is 0.0476. The Bertz CT molecular complexity index is 965. The third kappa shape index (κ3) is 4.21. The number of rotatable bonds is 5. The Balaban J connectivity index is 1.38. The molecule has 0 aromatic carbocycles. The molecule has 0 bridgehead atoms. The molecule has 0 aliphatic rings. The number of nitrogens with one attached hydrogen (secondary N) is 1. The van der Waals surface area contributed by atoms with Gasteiger partial charge in [-0.25, -0.2) is 4.98 Å². The lowest BCUT2D eigenvalue weighted by Gasteiger charge is -2.06. The molecule has 0 saturated carbocycles. The van der Waals surface area contributed by atoms with E-state index >= 15 is 0 Å². The van der Waals surface area contributed by atoms with Crippen LogP contribution in [0.5, 0.6) is 0 Å². The van der Waals surface area contributed by atoms with Crippen molar-refractivity contribution in [2.45, 2.75) is 6.42 Å². The minimum Gasteiger partial charge on any atom is -0.310 e. The Kier molecular flexibility index (Phi) is 5.06. The number of aromatic nitrogens is 5. The van der Waals surface area contributed by atoms with Crippen LogP contribution in [0.1, 0.15) is 5.56 Å². The van der Waals surface area contributed by atoms with Crippen molar-refractivity contribution in [2.24, 2.45) is 0 Å². The van der Waals surface area contributed by atoms with Gasteiger partial charge in [0.1, 0.15) is 5.82 Å². The number of pyridine rings is 3. The van der Waals surface area contributed by atoms with Crippen LogP contribution in [0.3, 0.4) is 0 Å². The number of amides is 1. The normalized spacial score (nSPS) is 10.4. The summed E-state index contributed by atoms with van der Waals surface area (Å²) < 4.78 is 0. The number of carbonyl (C=O) groups is 1. The standard InChI is InChI=1S/C21H16N6O/c28-21(11-15-4-6-19(23-12-15)17-8-10-25-26-14-17)27-20-7-5-16(13-24-20)18-3-1-2-9-22-18/h1-10,12-14H,11H2,(H,24,27,28). The first-order valence-corrected chi connectivity index (χ1v) is 8.67. The van der Waals surface area contributed by atoms with Crippen LogP contribution in [-0.4, -0.2) is 31.1 Å². The quantitative estimate of drug-likeness (QED) is 0.581. The monoisotopic (exact) mass is 368 g/mol. The van der Waals surface area contributed by atoms with E-state index in [1.54, 1.807) is 37.1 Å². The van der Waals surface area contributed by atoms with Crippen molar-refractivity contribution in [3.05, 3.63) is 85.1 Å². The minimum absolute atomic E-state index is 0.154. The molecule has 0 aliphatic carbocycles. The second-order valence-electron chi connectivity index (χ2n) is 6.05. The topological polar surface area (TPSA) is 93.5 Å². The third-order valence-corrected chi connectivity index (χ3v) is 4.06. The first kappa shape index (κ1) is 17.4. The SMILES string of the molecule is O=C(Cc1ccc(-c2ccnnc2)nc1)Nc1ccc(-c2ccccn2)cn1. The van der Waals surface area contributed by atoms with Crippen molar-refractivity contribution in [1.29, 1.82) is 0 Å². The fourth-order valence-electron chi connectivity index (χ4n) is 2.67. The molecule has 7 heteroatoms. The number of anilines is 1.